The lowest BCUT2D eigenvalue weighted by Crippen LogP contribution is -2.24. The molecule has 0 aliphatic rings. The van der Waals surface area contributed by atoms with Crippen LogP contribution in [0.15, 0.2) is 56.9 Å². The van der Waals surface area contributed by atoms with Gasteiger partial charge in [0.2, 0.25) is 5.91 Å². The van der Waals surface area contributed by atoms with Crippen LogP contribution in [-0.2, 0) is 11.3 Å². The minimum Gasteiger partial charge on any atom is -0.324 e. The summed E-state index contributed by atoms with van der Waals surface area (Å²) in [7, 11) is 0. The number of unbranched alkanes of at least 4 members (excludes halogenated alkanes) is 2. The van der Waals surface area contributed by atoms with Gasteiger partial charge in [0, 0.05) is 11.0 Å². The average Bonchev–Trinajstić information content (AvgIpc) is 2.75. The van der Waals surface area contributed by atoms with Gasteiger partial charge >= 0.3 is 0 Å². The summed E-state index contributed by atoms with van der Waals surface area (Å²) in [5.41, 5.74) is 1.38. The van der Waals surface area contributed by atoms with Crippen LogP contribution >= 0.6 is 27.7 Å². The molecule has 6 nitrogen and oxygen atoms in total. The third kappa shape index (κ3) is 5.29. The van der Waals surface area contributed by atoms with Gasteiger partial charge in [0.15, 0.2) is 5.16 Å². The van der Waals surface area contributed by atoms with Crippen LogP contribution in [0.5, 0.6) is 0 Å². The lowest BCUT2D eigenvalue weighted by molar-refractivity contribution is -0.113. The molecule has 1 N–H and O–H groups in total. The van der Waals surface area contributed by atoms with Crippen molar-refractivity contribution in [1.82, 2.24) is 9.55 Å². The van der Waals surface area contributed by atoms with Crippen molar-refractivity contribution < 1.29 is 4.79 Å². The molecule has 3 rings (SSSR count). The highest BCUT2D eigenvalue weighted by Gasteiger charge is 2.14. The molecule has 0 unspecified atom stereocenters. The number of thioether (sulfide) groups is 1. The van der Waals surface area contributed by atoms with Crippen LogP contribution in [0.2, 0.25) is 0 Å². The molecule has 8 heteroatoms. The van der Waals surface area contributed by atoms with Crippen molar-refractivity contribution in [3.63, 3.8) is 0 Å². The minimum absolute atomic E-state index is 0.0853. The zero-order chi connectivity index (χ0) is 21.5. The Kier molecular flexibility index (Phi) is 7.66. The Morgan fingerprint density at radius 1 is 1.27 bits per heavy atom. The Morgan fingerprint density at radius 3 is 2.83 bits per heavy atom. The number of hydrogen-bond donors (Lipinski definition) is 1. The summed E-state index contributed by atoms with van der Waals surface area (Å²) in [5, 5.41) is 13.0. The SMILES string of the molecule is CCCCCn1c(SCC(=O)Nc2ccccc2C#N)nc2ccc(Br)cc2c1=O. The molecule has 2 aromatic carbocycles. The van der Waals surface area contributed by atoms with E-state index in [4.69, 9.17) is 0 Å². The van der Waals surface area contributed by atoms with Crippen LogP contribution in [-0.4, -0.2) is 21.2 Å². The van der Waals surface area contributed by atoms with Crippen molar-refractivity contribution in [1.29, 1.82) is 5.26 Å². The first-order chi connectivity index (χ1) is 14.5. The predicted octanol–water partition coefficient (Wildman–Crippen LogP) is 4.95. The van der Waals surface area contributed by atoms with Gasteiger partial charge < -0.3 is 5.32 Å². The van der Waals surface area contributed by atoms with Crippen molar-refractivity contribution in [3.8, 4) is 6.07 Å². The quantitative estimate of drug-likeness (QED) is 0.277. The van der Waals surface area contributed by atoms with Gasteiger partial charge in [-0.3, -0.25) is 14.2 Å². The molecule has 0 aliphatic heterocycles. The molecule has 0 spiro atoms. The third-order valence-corrected chi connectivity index (χ3v) is 5.99. The number of benzene rings is 2. The van der Waals surface area contributed by atoms with E-state index in [1.54, 1.807) is 41.0 Å². The third-order valence-electron chi connectivity index (χ3n) is 4.52. The van der Waals surface area contributed by atoms with Crippen LogP contribution in [0.1, 0.15) is 31.7 Å². The largest absolute Gasteiger partial charge is 0.324 e. The van der Waals surface area contributed by atoms with Crippen molar-refractivity contribution in [2.75, 3.05) is 11.1 Å². The molecule has 0 atom stereocenters. The van der Waals surface area contributed by atoms with E-state index in [2.05, 4.69) is 39.2 Å². The van der Waals surface area contributed by atoms with Crippen LogP contribution in [0.25, 0.3) is 10.9 Å². The molecule has 1 aromatic heterocycles. The molecular weight excluding hydrogens is 464 g/mol. The fourth-order valence-corrected chi connectivity index (χ4v) is 4.19. The number of amides is 1. The first-order valence-corrected chi connectivity index (χ1v) is 11.4. The van der Waals surface area contributed by atoms with E-state index < -0.39 is 0 Å². The number of anilines is 1. The number of carbonyl (C=O) groups is 1. The first kappa shape index (κ1) is 22.1. The zero-order valence-corrected chi connectivity index (χ0v) is 18.9. The molecular formula is C22H21BrN4O2S. The van der Waals surface area contributed by atoms with Gasteiger partial charge in [-0.15, -0.1) is 0 Å². The standard InChI is InChI=1S/C22H21BrN4O2S/c1-2-3-6-11-27-21(29)17-12-16(23)9-10-19(17)26-22(27)30-14-20(28)25-18-8-5-4-7-15(18)13-24/h4-5,7-10,12H,2-3,6,11,14H2,1H3,(H,25,28). The predicted molar refractivity (Wildman–Crippen MR) is 124 cm³/mol. The van der Waals surface area contributed by atoms with E-state index >= 15 is 0 Å². The second-order valence-corrected chi connectivity index (χ2v) is 8.57. The molecule has 0 saturated carbocycles. The van der Waals surface area contributed by atoms with Gasteiger partial charge in [-0.25, -0.2) is 4.98 Å². The van der Waals surface area contributed by atoms with Crippen molar-refractivity contribution in [2.45, 2.75) is 37.9 Å². The molecule has 0 radical (unpaired) electrons. The normalized spacial score (nSPS) is 10.7. The zero-order valence-electron chi connectivity index (χ0n) is 16.5. The number of hydrogen-bond acceptors (Lipinski definition) is 5. The monoisotopic (exact) mass is 484 g/mol. The van der Waals surface area contributed by atoms with Gasteiger partial charge in [-0.1, -0.05) is 59.6 Å². The highest BCUT2D eigenvalue weighted by molar-refractivity contribution is 9.10. The Balaban J connectivity index is 1.84. The maximum Gasteiger partial charge on any atom is 0.262 e. The fourth-order valence-electron chi connectivity index (χ4n) is 3.01. The lowest BCUT2D eigenvalue weighted by atomic mass is 10.2. The molecule has 0 aliphatic carbocycles. The van der Waals surface area contributed by atoms with Gasteiger partial charge in [-0.05, 0) is 36.8 Å². The van der Waals surface area contributed by atoms with Gasteiger partial charge in [0.05, 0.1) is 27.9 Å². The van der Waals surface area contributed by atoms with Crippen molar-refractivity contribution >= 4 is 50.2 Å². The van der Waals surface area contributed by atoms with Crippen molar-refractivity contribution in [2.24, 2.45) is 0 Å². The molecule has 154 valence electrons. The Hall–Kier alpha value is -2.63. The van der Waals surface area contributed by atoms with E-state index in [1.165, 1.54) is 11.8 Å². The smallest absolute Gasteiger partial charge is 0.262 e. The van der Waals surface area contributed by atoms with Gasteiger partial charge in [-0.2, -0.15) is 5.26 Å². The highest BCUT2D eigenvalue weighted by atomic mass is 79.9. The summed E-state index contributed by atoms with van der Waals surface area (Å²) in [6.07, 6.45) is 2.93. The molecule has 0 bridgehead atoms. The van der Waals surface area contributed by atoms with Crippen LogP contribution in [0.3, 0.4) is 0 Å². The molecule has 30 heavy (non-hydrogen) atoms. The van der Waals surface area contributed by atoms with Gasteiger partial charge in [0.25, 0.3) is 5.56 Å². The van der Waals surface area contributed by atoms with Crippen LogP contribution in [0.4, 0.5) is 5.69 Å². The maximum atomic E-state index is 13.1. The van der Waals surface area contributed by atoms with Crippen molar-refractivity contribution in [3.05, 3.63) is 62.9 Å². The molecule has 3 aromatic rings. The van der Waals surface area contributed by atoms with Gasteiger partial charge in [0.1, 0.15) is 6.07 Å². The maximum absolute atomic E-state index is 13.1. The van der Waals surface area contributed by atoms with E-state index in [0.29, 0.717) is 33.9 Å². The fraction of sp³-hybridized carbons (Fsp3) is 0.273. The second-order valence-electron chi connectivity index (χ2n) is 6.71. The number of nitriles is 1. The molecule has 0 saturated heterocycles. The summed E-state index contributed by atoms with van der Waals surface area (Å²) in [6.45, 7) is 2.67. The molecule has 1 amide bonds. The van der Waals surface area contributed by atoms with E-state index in [9.17, 15) is 14.9 Å². The van der Waals surface area contributed by atoms with E-state index in [0.717, 1.165) is 23.7 Å². The Bertz CT molecular complexity index is 1170. The summed E-state index contributed by atoms with van der Waals surface area (Å²) in [6, 6.07) is 14.3. The number of halogens is 1. The number of nitrogens with one attached hydrogen (secondary N) is 1. The minimum atomic E-state index is -0.257. The first-order valence-electron chi connectivity index (χ1n) is 9.65. The summed E-state index contributed by atoms with van der Waals surface area (Å²) >= 11 is 4.63. The Labute approximate surface area is 187 Å². The lowest BCUT2D eigenvalue weighted by Gasteiger charge is -2.13. The molecule has 1 heterocycles. The number of aromatic nitrogens is 2. The number of rotatable bonds is 8. The number of fused-ring (bicyclic) bond motifs is 1. The summed E-state index contributed by atoms with van der Waals surface area (Å²) < 4.78 is 2.48. The Morgan fingerprint density at radius 2 is 2.07 bits per heavy atom. The number of nitrogens with zero attached hydrogens (tertiary/aromatic N) is 3. The molecule has 0 fully saturated rings. The van der Waals surface area contributed by atoms with E-state index in [1.807, 2.05) is 6.07 Å². The topological polar surface area (TPSA) is 87.8 Å². The average molecular weight is 485 g/mol. The highest BCUT2D eigenvalue weighted by Crippen LogP contribution is 2.22. The van der Waals surface area contributed by atoms with Crippen LogP contribution < -0.4 is 10.9 Å². The number of para-hydroxylation sites is 1. The summed E-state index contributed by atoms with van der Waals surface area (Å²) in [5.74, 6) is -0.171. The second kappa shape index (κ2) is 10.4. The van der Waals surface area contributed by atoms with Crippen LogP contribution in [0, 0.1) is 11.3 Å². The summed E-state index contributed by atoms with van der Waals surface area (Å²) in [4.78, 5) is 30.2. The van der Waals surface area contributed by atoms with E-state index in [-0.39, 0.29) is 17.2 Å². The number of carbonyl (C=O) groups excluding carboxylic acids is 1.